The molecule has 2 heterocycles. The summed E-state index contributed by atoms with van der Waals surface area (Å²) in [7, 11) is 0. The van der Waals surface area contributed by atoms with Crippen molar-refractivity contribution in [3.63, 3.8) is 0 Å². The number of H-pyrrole nitrogens is 1. The first-order chi connectivity index (χ1) is 13.1. The minimum atomic E-state index is -0.250. The van der Waals surface area contributed by atoms with Gasteiger partial charge in [0, 0.05) is 27.6 Å². The Morgan fingerprint density at radius 2 is 1.74 bits per heavy atom. The van der Waals surface area contributed by atoms with Crippen LogP contribution in [0.5, 0.6) is 0 Å². The topological polar surface area (TPSA) is 90.9 Å². The van der Waals surface area contributed by atoms with Gasteiger partial charge in [0.05, 0.1) is 16.7 Å². The van der Waals surface area contributed by atoms with Crippen molar-refractivity contribution in [3.8, 4) is 11.3 Å². The van der Waals surface area contributed by atoms with Gasteiger partial charge in [0.1, 0.15) is 5.36 Å². The largest absolute Gasteiger partial charge is 0.368 e. The second-order valence-corrected chi connectivity index (χ2v) is 6.03. The molecule has 0 atom stereocenters. The van der Waals surface area contributed by atoms with Crippen molar-refractivity contribution in [2.24, 2.45) is 10.7 Å². The van der Waals surface area contributed by atoms with Gasteiger partial charge in [0.2, 0.25) is 5.96 Å². The van der Waals surface area contributed by atoms with E-state index in [-0.39, 0.29) is 5.96 Å². The standard InChI is InChI=1S/C19H14ClN5.C2H6/c20-12-7-5-11(6-8-12)16-14-9-10-23-17(14)18(25-19(21)22)13-3-1-2-4-15(13)24-16;1-2/h1-10,23H,(H3,21,22);1-2H3/b25-18-;. The minimum Gasteiger partial charge on any atom is -0.368 e. The van der Waals surface area contributed by atoms with Gasteiger partial charge < -0.3 is 10.7 Å². The predicted octanol–water partition coefficient (Wildman–Crippen LogP) is 4.86. The lowest BCUT2D eigenvalue weighted by Crippen LogP contribution is -2.13. The molecule has 0 aliphatic rings. The number of aromatic nitrogens is 2. The number of fused-ring (bicyclic) bond motifs is 2. The maximum Gasteiger partial charge on any atom is 0.213 e. The fourth-order valence-electron chi connectivity index (χ4n) is 2.91. The van der Waals surface area contributed by atoms with Crippen molar-refractivity contribution in [2.45, 2.75) is 13.8 Å². The van der Waals surface area contributed by atoms with Crippen molar-refractivity contribution in [3.05, 3.63) is 71.2 Å². The van der Waals surface area contributed by atoms with Crippen LogP contribution in [0.1, 0.15) is 13.8 Å². The first kappa shape index (κ1) is 18.6. The number of benzene rings is 2. The van der Waals surface area contributed by atoms with Gasteiger partial charge in [-0.1, -0.05) is 55.8 Å². The molecule has 0 aliphatic heterocycles. The Kier molecular flexibility index (Phi) is 5.52. The average molecular weight is 378 g/mol. The van der Waals surface area contributed by atoms with Crippen molar-refractivity contribution in [2.75, 3.05) is 0 Å². The van der Waals surface area contributed by atoms with Crippen molar-refractivity contribution >= 4 is 39.4 Å². The van der Waals surface area contributed by atoms with E-state index in [0.29, 0.717) is 10.4 Å². The number of guanidine groups is 1. The molecule has 5 nitrogen and oxygen atoms in total. The summed E-state index contributed by atoms with van der Waals surface area (Å²) in [5.41, 5.74) is 8.87. The van der Waals surface area contributed by atoms with Crippen LogP contribution in [-0.2, 0) is 0 Å². The van der Waals surface area contributed by atoms with Crippen molar-refractivity contribution in [1.82, 2.24) is 9.97 Å². The smallest absolute Gasteiger partial charge is 0.213 e. The van der Waals surface area contributed by atoms with Crippen molar-refractivity contribution < 1.29 is 0 Å². The van der Waals surface area contributed by atoms with Crippen LogP contribution >= 0.6 is 11.6 Å². The number of aromatic amines is 1. The van der Waals surface area contributed by atoms with E-state index in [2.05, 4.69) is 9.98 Å². The van der Waals surface area contributed by atoms with Gasteiger partial charge >= 0.3 is 0 Å². The fourth-order valence-corrected chi connectivity index (χ4v) is 3.04. The zero-order valence-corrected chi connectivity index (χ0v) is 15.9. The third-order valence-corrected chi connectivity index (χ3v) is 4.23. The van der Waals surface area contributed by atoms with E-state index in [4.69, 9.17) is 27.7 Å². The molecule has 136 valence electrons. The molecule has 0 bridgehead atoms. The summed E-state index contributed by atoms with van der Waals surface area (Å²) in [6.45, 7) is 4.00. The van der Waals surface area contributed by atoms with Gasteiger partial charge in [-0.15, -0.1) is 0 Å². The summed E-state index contributed by atoms with van der Waals surface area (Å²) in [4.78, 5) is 12.3. The fraction of sp³-hybridized carbons (Fsp3) is 0.0952. The second-order valence-electron chi connectivity index (χ2n) is 5.60. The molecule has 4 aromatic rings. The van der Waals surface area contributed by atoms with Crippen LogP contribution in [0.3, 0.4) is 0 Å². The maximum atomic E-state index is 7.60. The molecule has 4 rings (SSSR count). The van der Waals surface area contributed by atoms with Gasteiger partial charge in [-0.3, -0.25) is 5.41 Å². The summed E-state index contributed by atoms with van der Waals surface area (Å²) in [5, 5.41) is 10.6. The van der Waals surface area contributed by atoms with Gasteiger partial charge in [0.25, 0.3) is 0 Å². The van der Waals surface area contributed by atoms with Crippen LogP contribution in [0, 0.1) is 5.41 Å². The van der Waals surface area contributed by atoms with E-state index in [1.54, 1.807) is 0 Å². The summed E-state index contributed by atoms with van der Waals surface area (Å²) < 4.78 is 0. The lowest BCUT2D eigenvalue weighted by Gasteiger charge is -2.00. The number of hydrogen-bond acceptors (Lipinski definition) is 2. The summed E-state index contributed by atoms with van der Waals surface area (Å²) in [6.07, 6.45) is 1.83. The Balaban J connectivity index is 0.00000102. The molecule has 0 unspecified atom stereocenters. The maximum absolute atomic E-state index is 7.60. The third kappa shape index (κ3) is 3.68. The van der Waals surface area contributed by atoms with Crippen LogP contribution < -0.4 is 11.1 Å². The number of nitrogens with zero attached hydrogens (tertiary/aromatic N) is 2. The Bertz CT molecular complexity index is 1180. The molecule has 0 amide bonds. The van der Waals surface area contributed by atoms with Gasteiger partial charge in [-0.2, -0.15) is 0 Å². The third-order valence-electron chi connectivity index (χ3n) is 3.98. The number of halogens is 1. The first-order valence-electron chi connectivity index (χ1n) is 8.68. The molecule has 2 aromatic heterocycles. The van der Waals surface area contributed by atoms with E-state index in [9.17, 15) is 0 Å². The molecule has 0 radical (unpaired) electrons. The van der Waals surface area contributed by atoms with Crippen LogP contribution in [-0.4, -0.2) is 15.9 Å². The molecule has 0 fully saturated rings. The molecule has 0 saturated carbocycles. The lowest BCUT2D eigenvalue weighted by atomic mass is 10.1. The first-order valence-corrected chi connectivity index (χ1v) is 9.06. The van der Waals surface area contributed by atoms with E-state index in [1.165, 1.54) is 0 Å². The molecule has 0 saturated heterocycles. The number of para-hydroxylation sites is 1. The highest BCUT2D eigenvalue weighted by atomic mass is 35.5. The van der Waals surface area contributed by atoms with Crippen LogP contribution in [0.2, 0.25) is 5.02 Å². The highest BCUT2D eigenvalue weighted by Gasteiger charge is 2.10. The molecule has 27 heavy (non-hydrogen) atoms. The van der Waals surface area contributed by atoms with Crippen LogP contribution in [0.15, 0.2) is 65.8 Å². The number of nitrogens with two attached hydrogens (primary N) is 1. The Labute approximate surface area is 162 Å². The average Bonchev–Trinajstić information content (AvgIpc) is 3.12. The minimum absolute atomic E-state index is 0.250. The summed E-state index contributed by atoms with van der Waals surface area (Å²) in [6, 6.07) is 17.2. The number of nitrogens with one attached hydrogen (secondary N) is 2. The Morgan fingerprint density at radius 3 is 2.44 bits per heavy atom. The van der Waals surface area contributed by atoms with Gasteiger partial charge in [0.15, 0.2) is 0 Å². The van der Waals surface area contributed by atoms with E-state index in [1.807, 2.05) is 74.6 Å². The monoisotopic (exact) mass is 377 g/mol. The van der Waals surface area contributed by atoms with Gasteiger partial charge in [-0.05, 0) is 24.3 Å². The van der Waals surface area contributed by atoms with Crippen LogP contribution in [0.25, 0.3) is 33.1 Å². The van der Waals surface area contributed by atoms with Gasteiger partial charge in [-0.25, -0.2) is 9.98 Å². The summed E-state index contributed by atoms with van der Waals surface area (Å²) in [5.74, 6) is -0.250. The molecule has 2 aromatic carbocycles. The number of rotatable bonds is 1. The SMILES string of the molecule is CC.N=C(N)/N=c1/c2ccccc2nc(-c2ccc(Cl)cc2)c2cc[nH]c12. The summed E-state index contributed by atoms with van der Waals surface area (Å²) >= 11 is 6.02. The molecule has 0 aliphatic carbocycles. The highest BCUT2D eigenvalue weighted by molar-refractivity contribution is 6.30. The molecule has 4 N–H and O–H groups in total. The van der Waals surface area contributed by atoms with Crippen LogP contribution in [0.4, 0.5) is 0 Å². The quantitative estimate of drug-likeness (QED) is 0.326. The molecule has 6 heteroatoms. The Hall–Kier alpha value is -3.18. The number of hydrogen-bond donors (Lipinski definition) is 3. The lowest BCUT2D eigenvalue weighted by molar-refractivity contribution is 1.31. The van der Waals surface area contributed by atoms with E-state index in [0.717, 1.165) is 33.1 Å². The molecular weight excluding hydrogens is 358 g/mol. The normalized spacial score (nSPS) is 11.3. The molecule has 0 spiro atoms. The predicted molar refractivity (Wildman–Crippen MR) is 113 cm³/mol. The highest BCUT2D eigenvalue weighted by Crippen LogP contribution is 2.27. The van der Waals surface area contributed by atoms with Crippen molar-refractivity contribution in [1.29, 1.82) is 5.41 Å². The zero-order valence-electron chi connectivity index (χ0n) is 15.1. The van der Waals surface area contributed by atoms with E-state index < -0.39 is 0 Å². The zero-order chi connectivity index (χ0) is 19.4. The second kappa shape index (κ2) is 8.01. The molecular formula is C21H20ClN5. The van der Waals surface area contributed by atoms with E-state index >= 15 is 0 Å². The Morgan fingerprint density at radius 1 is 1.04 bits per heavy atom.